The summed E-state index contributed by atoms with van der Waals surface area (Å²) in [5, 5.41) is 3.13. The molecule has 4 nitrogen and oxygen atoms in total. The predicted molar refractivity (Wildman–Crippen MR) is 135 cm³/mol. The van der Waals surface area contributed by atoms with E-state index in [1.54, 1.807) is 0 Å². The van der Waals surface area contributed by atoms with E-state index in [-0.39, 0.29) is 0 Å². The van der Waals surface area contributed by atoms with Crippen LogP contribution in [0, 0.1) is 6.92 Å². The Morgan fingerprint density at radius 2 is 1.19 bits per heavy atom. The van der Waals surface area contributed by atoms with E-state index >= 15 is 0 Å². The zero-order chi connectivity index (χ0) is 22.0. The van der Waals surface area contributed by atoms with Gasteiger partial charge in [0, 0.05) is 0 Å². The maximum atomic E-state index is 8.29. The number of benzene rings is 3. The number of aryl methyl sites for hydroxylation is 1. The number of ether oxygens (including phenoxy) is 1. The van der Waals surface area contributed by atoms with Gasteiger partial charge in [-0.05, 0) is 0 Å². The van der Waals surface area contributed by atoms with Crippen LogP contribution in [0.4, 0.5) is 5.88 Å². The molecular formula is C26H26ClN2O2P. The molecule has 0 spiro atoms. The molecule has 0 radical (unpaired) electrons. The van der Waals surface area contributed by atoms with Gasteiger partial charge in [0.15, 0.2) is 0 Å². The summed E-state index contributed by atoms with van der Waals surface area (Å²) < 4.78 is 11.9. The van der Waals surface area contributed by atoms with Crippen molar-refractivity contribution in [3.63, 3.8) is 0 Å². The van der Waals surface area contributed by atoms with Crippen LogP contribution in [0.2, 0.25) is 0 Å². The van der Waals surface area contributed by atoms with Gasteiger partial charge in [0.05, 0.1) is 0 Å². The Balaban J connectivity index is 1.93. The summed E-state index contributed by atoms with van der Waals surface area (Å²) in [6, 6.07) is 31.1. The maximum absolute atomic E-state index is 8.29. The first-order valence-electron chi connectivity index (χ1n) is 10.8. The van der Waals surface area contributed by atoms with Gasteiger partial charge >= 0.3 is 194 Å². The molecule has 1 aliphatic rings. The summed E-state index contributed by atoms with van der Waals surface area (Å²) in [5.74, 6) is -2.39. The normalized spacial score (nSPS) is 15.8. The molecule has 0 amide bonds. The SMILES string of the molecule is Cc1nc(P(Cl)(c2ccccc2)(c2ccccc2)c2ccccc2)c(N2CCOCC2)o1. The molecule has 1 saturated heterocycles. The van der Waals surface area contributed by atoms with Gasteiger partial charge in [0.25, 0.3) is 0 Å². The summed E-state index contributed by atoms with van der Waals surface area (Å²) in [6.45, 7) is 4.68. The van der Waals surface area contributed by atoms with Crippen LogP contribution in [0.25, 0.3) is 0 Å². The molecule has 0 N–H and O–H groups in total. The molecular weight excluding hydrogens is 439 g/mol. The summed E-state index contributed by atoms with van der Waals surface area (Å²) in [6.07, 6.45) is 0. The van der Waals surface area contributed by atoms with E-state index in [0.29, 0.717) is 19.1 Å². The summed E-state index contributed by atoms with van der Waals surface area (Å²) in [4.78, 5) is 7.26. The number of hydrogen-bond acceptors (Lipinski definition) is 4. The number of halogens is 1. The van der Waals surface area contributed by atoms with Gasteiger partial charge in [-0.1, -0.05) is 0 Å². The molecule has 6 heteroatoms. The van der Waals surface area contributed by atoms with Crippen LogP contribution < -0.4 is 26.2 Å². The first kappa shape index (κ1) is 21.2. The Hall–Kier alpha value is -2.65. The van der Waals surface area contributed by atoms with Gasteiger partial charge in [0.1, 0.15) is 0 Å². The van der Waals surface area contributed by atoms with Crippen LogP contribution in [0.3, 0.4) is 0 Å². The Kier molecular flexibility index (Phi) is 5.54. The summed E-state index contributed by atoms with van der Waals surface area (Å²) in [7, 11) is 0. The predicted octanol–water partition coefficient (Wildman–Crippen LogP) is 4.13. The minimum absolute atomic E-state index is 0.610. The van der Waals surface area contributed by atoms with Crippen molar-refractivity contribution in [2.45, 2.75) is 6.92 Å². The molecule has 3 aromatic carbocycles. The van der Waals surface area contributed by atoms with Gasteiger partial charge in [-0.25, -0.2) is 0 Å². The summed E-state index contributed by atoms with van der Waals surface area (Å²) >= 11 is 8.29. The molecule has 5 rings (SSSR count). The second-order valence-electron chi connectivity index (χ2n) is 7.98. The quantitative estimate of drug-likeness (QED) is 0.416. The van der Waals surface area contributed by atoms with Gasteiger partial charge in [-0.2, -0.15) is 0 Å². The second kappa shape index (κ2) is 8.37. The Bertz CT molecular complexity index is 1090. The average Bonchev–Trinajstić information content (AvgIpc) is 3.28. The monoisotopic (exact) mass is 464 g/mol. The fraction of sp³-hybridized carbons (Fsp3) is 0.192. The number of nitrogens with zero attached hydrogens (tertiary/aromatic N) is 2. The van der Waals surface area contributed by atoms with E-state index in [1.165, 1.54) is 0 Å². The number of anilines is 1. The molecule has 0 aliphatic carbocycles. The molecule has 164 valence electrons. The van der Waals surface area contributed by atoms with Crippen molar-refractivity contribution in [3.8, 4) is 0 Å². The fourth-order valence-corrected chi connectivity index (χ4v) is 10.6. The molecule has 0 atom stereocenters. The third-order valence-electron chi connectivity index (χ3n) is 6.12. The van der Waals surface area contributed by atoms with Gasteiger partial charge in [0.2, 0.25) is 0 Å². The number of morpholine rings is 1. The van der Waals surface area contributed by atoms with Crippen molar-refractivity contribution >= 4 is 44.4 Å². The number of aromatic nitrogens is 1. The van der Waals surface area contributed by atoms with E-state index in [2.05, 4.69) is 41.3 Å². The first-order valence-corrected chi connectivity index (χ1v) is 14.0. The van der Waals surface area contributed by atoms with Crippen molar-refractivity contribution in [3.05, 3.63) is 96.9 Å². The molecule has 1 aliphatic heterocycles. The van der Waals surface area contributed by atoms with Crippen LogP contribution in [-0.4, -0.2) is 31.3 Å². The molecule has 1 aromatic heterocycles. The molecule has 32 heavy (non-hydrogen) atoms. The minimum atomic E-state index is -3.75. The van der Waals surface area contributed by atoms with E-state index in [9.17, 15) is 0 Å². The molecule has 0 unspecified atom stereocenters. The third kappa shape index (κ3) is 3.17. The average molecular weight is 465 g/mol. The number of oxazole rings is 1. The van der Waals surface area contributed by atoms with Crippen LogP contribution in [0.5, 0.6) is 0 Å². The van der Waals surface area contributed by atoms with Crippen molar-refractivity contribution in [1.29, 1.82) is 0 Å². The van der Waals surface area contributed by atoms with Gasteiger partial charge < -0.3 is 0 Å². The molecule has 0 saturated carbocycles. The molecule has 0 bridgehead atoms. The first-order chi connectivity index (χ1) is 15.6. The Labute approximate surface area is 193 Å². The van der Waals surface area contributed by atoms with Crippen LogP contribution in [0.15, 0.2) is 95.4 Å². The molecule has 4 aromatic rings. The van der Waals surface area contributed by atoms with Crippen LogP contribution in [0.1, 0.15) is 5.89 Å². The van der Waals surface area contributed by atoms with Gasteiger partial charge in [-0.3, -0.25) is 0 Å². The standard InChI is InChI=1S/C26H26ClN2O2P/c1-21-28-25(26(31-21)29-17-19-30-20-18-29)32(27,22-11-5-2-6-12-22,23-13-7-3-8-14-23)24-15-9-4-10-16-24/h2-16H,17-20H2,1H3. The van der Waals surface area contributed by atoms with Crippen molar-refractivity contribution in [2.75, 3.05) is 31.2 Å². The van der Waals surface area contributed by atoms with Crippen molar-refractivity contribution in [2.24, 2.45) is 0 Å². The van der Waals surface area contributed by atoms with Crippen molar-refractivity contribution in [1.82, 2.24) is 4.98 Å². The zero-order valence-corrected chi connectivity index (χ0v) is 19.7. The number of rotatable bonds is 5. The zero-order valence-electron chi connectivity index (χ0n) is 18.0. The summed E-state index contributed by atoms with van der Waals surface area (Å²) in [5.41, 5.74) is 0.806. The van der Waals surface area contributed by atoms with E-state index in [1.807, 2.05) is 61.5 Å². The van der Waals surface area contributed by atoms with Gasteiger partial charge in [-0.15, -0.1) is 0 Å². The van der Waals surface area contributed by atoms with E-state index in [4.69, 9.17) is 25.4 Å². The molecule has 1 fully saturated rings. The van der Waals surface area contributed by atoms with Crippen molar-refractivity contribution < 1.29 is 9.15 Å². The third-order valence-corrected chi connectivity index (χ3v) is 13.2. The van der Waals surface area contributed by atoms with Crippen LogP contribution >= 0.6 is 17.2 Å². The Morgan fingerprint density at radius 1 is 0.750 bits per heavy atom. The Morgan fingerprint density at radius 3 is 1.62 bits per heavy atom. The topological polar surface area (TPSA) is 38.5 Å². The number of hydrogen-bond donors (Lipinski definition) is 0. The van der Waals surface area contributed by atoms with E-state index in [0.717, 1.165) is 40.3 Å². The second-order valence-corrected chi connectivity index (χ2v) is 14.0. The molecule has 2 heterocycles. The fourth-order valence-electron chi connectivity index (χ4n) is 4.59. The van der Waals surface area contributed by atoms with E-state index < -0.39 is 5.96 Å². The van der Waals surface area contributed by atoms with Crippen LogP contribution in [-0.2, 0) is 4.74 Å².